The van der Waals surface area contributed by atoms with Crippen LogP contribution in [0.15, 0.2) is 30.5 Å². The van der Waals surface area contributed by atoms with Crippen LogP contribution in [-0.2, 0) is 18.5 Å². The number of hydrogen-bond donors (Lipinski definition) is 1. The summed E-state index contributed by atoms with van der Waals surface area (Å²) in [6, 6.07) is 7.02. The summed E-state index contributed by atoms with van der Waals surface area (Å²) in [6.07, 6.45) is 1.97. The van der Waals surface area contributed by atoms with E-state index in [2.05, 4.69) is 70.7 Å². The number of benzene rings is 1. The van der Waals surface area contributed by atoms with Crippen molar-refractivity contribution in [1.29, 1.82) is 0 Å². The van der Waals surface area contributed by atoms with Crippen molar-refractivity contribution in [2.45, 2.75) is 39.3 Å². The first-order chi connectivity index (χ1) is 20.0. The zero-order chi connectivity index (χ0) is 29.6. The van der Waals surface area contributed by atoms with Crippen LogP contribution >= 0.6 is 22.6 Å². The van der Waals surface area contributed by atoms with Gasteiger partial charge in [0.25, 0.3) is 0 Å². The molecule has 1 fully saturated rings. The van der Waals surface area contributed by atoms with E-state index in [0.29, 0.717) is 20.7 Å². The largest absolute Gasteiger partial charge is 0.314 e. The first-order valence-corrected chi connectivity index (χ1v) is 15.4. The van der Waals surface area contributed by atoms with Crippen LogP contribution in [0.2, 0.25) is 0 Å². The highest BCUT2D eigenvalue weighted by Crippen LogP contribution is 2.32. The minimum absolute atomic E-state index is 0.0129. The summed E-state index contributed by atoms with van der Waals surface area (Å²) in [5, 5.41) is 3.13. The second kappa shape index (κ2) is 11.7. The van der Waals surface area contributed by atoms with E-state index in [1.165, 1.54) is 11.6 Å². The molecule has 1 saturated heterocycles. The van der Waals surface area contributed by atoms with Crippen molar-refractivity contribution in [2.24, 2.45) is 0 Å². The van der Waals surface area contributed by atoms with Crippen LogP contribution < -0.4 is 5.32 Å². The highest BCUT2D eigenvalue weighted by Gasteiger charge is 2.24. The second-order valence-electron chi connectivity index (χ2n) is 12.2. The summed E-state index contributed by atoms with van der Waals surface area (Å²) in [7, 11) is 2.18. The van der Waals surface area contributed by atoms with E-state index in [9.17, 15) is 0 Å². The Hall–Kier alpha value is -2.81. The molecule has 0 atom stereocenters. The van der Waals surface area contributed by atoms with Crippen LogP contribution in [0.4, 0.5) is 20.5 Å². The third-order valence-corrected chi connectivity index (χ3v) is 8.78. The maximum atomic E-state index is 15.2. The SMILES string of the molecule is CN1CCN(CCN2CCc3nc(Nc4ncc(F)c(-c5cc(F)c6nc(I)n(C(C)(C)C)c6c5)n4)ccc3C2)CC1. The van der Waals surface area contributed by atoms with Crippen LogP contribution in [-0.4, -0.2) is 92.1 Å². The molecule has 1 aromatic carbocycles. The fourth-order valence-corrected chi connectivity index (χ4v) is 6.94. The topological polar surface area (TPSA) is 78.2 Å². The lowest BCUT2D eigenvalue weighted by atomic mass is 10.1. The summed E-state index contributed by atoms with van der Waals surface area (Å²) in [6.45, 7) is 14.6. The quantitative estimate of drug-likeness (QED) is 0.288. The van der Waals surface area contributed by atoms with Gasteiger partial charge in [-0.05, 0) is 74.2 Å². The van der Waals surface area contributed by atoms with Gasteiger partial charge in [-0.3, -0.25) is 9.80 Å². The molecule has 9 nitrogen and oxygen atoms in total. The first-order valence-electron chi connectivity index (χ1n) is 14.3. The molecule has 2 aliphatic rings. The summed E-state index contributed by atoms with van der Waals surface area (Å²) < 4.78 is 32.8. The summed E-state index contributed by atoms with van der Waals surface area (Å²) in [5.74, 6) is -0.363. The zero-order valence-electron chi connectivity index (χ0n) is 24.5. The van der Waals surface area contributed by atoms with Gasteiger partial charge in [0.1, 0.15) is 17.0 Å². The summed E-state index contributed by atoms with van der Waals surface area (Å²) >= 11 is 2.10. The van der Waals surface area contributed by atoms with Gasteiger partial charge in [-0.25, -0.2) is 28.7 Å². The van der Waals surface area contributed by atoms with Crippen molar-refractivity contribution >= 4 is 45.4 Å². The molecule has 1 N–H and O–H groups in total. The van der Waals surface area contributed by atoms with E-state index in [1.807, 2.05) is 31.4 Å². The molecule has 42 heavy (non-hydrogen) atoms. The number of nitrogens with zero attached hydrogens (tertiary/aromatic N) is 8. The van der Waals surface area contributed by atoms with E-state index in [4.69, 9.17) is 4.98 Å². The summed E-state index contributed by atoms with van der Waals surface area (Å²) in [4.78, 5) is 25.2. The van der Waals surface area contributed by atoms with E-state index < -0.39 is 11.6 Å². The standard InChI is InChI=1S/C30H36F2IN9/c1-30(2,3)42-24-16-20(15-21(31)27(24)37-28(42)33)26-22(32)17-34-29(38-26)36-25-6-5-19-18-41(8-7-23(19)35-25)14-13-40-11-9-39(4)10-12-40/h5-6,15-17H,7-14,18H2,1-4H3,(H,34,35,36,38). The predicted molar refractivity (Wildman–Crippen MR) is 169 cm³/mol. The number of fused-ring (bicyclic) bond motifs is 2. The molecule has 0 amide bonds. The molecule has 0 aliphatic carbocycles. The molecule has 3 aromatic heterocycles. The van der Waals surface area contributed by atoms with Gasteiger partial charge in [-0.15, -0.1) is 0 Å². The van der Waals surface area contributed by atoms with Gasteiger partial charge in [0.2, 0.25) is 5.95 Å². The fourth-order valence-electron chi connectivity index (χ4n) is 5.72. The molecule has 2 aliphatic heterocycles. The Balaban J connectivity index is 1.18. The number of pyridine rings is 1. The van der Waals surface area contributed by atoms with Gasteiger partial charge in [0.15, 0.2) is 15.5 Å². The van der Waals surface area contributed by atoms with Crippen molar-refractivity contribution in [2.75, 3.05) is 58.2 Å². The smallest absolute Gasteiger partial charge is 0.229 e. The normalized spacial score (nSPS) is 17.1. The van der Waals surface area contributed by atoms with Gasteiger partial charge in [-0.2, -0.15) is 0 Å². The van der Waals surface area contributed by atoms with Gasteiger partial charge >= 0.3 is 0 Å². The lowest BCUT2D eigenvalue weighted by molar-refractivity contribution is 0.131. The van der Waals surface area contributed by atoms with E-state index in [-0.39, 0.29) is 22.7 Å². The van der Waals surface area contributed by atoms with Gasteiger partial charge in [-0.1, -0.05) is 6.07 Å². The molecule has 0 radical (unpaired) electrons. The average Bonchev–Trinajstić information content (AvgIpc) is 3.30. The Morgan fingerprint density at radius 1 is 0.929 bits per heavy atom. The highest BCUT2D eigenvalue weighted by molar-refractivity contribution is 14.1. The zero-order valence-corrected chi connectivity index (χ0v) is 26.6. The average molecular weight is 688 g/mol. The molecule has 0 spiro atoms. The van der Waals surface area contributed by atoms with E-state index in [1.54, 1.807) is 6.07 Å². The van der Waals surface area contributed by atoms with Crippen LogP contribution in [0, 0.1) is 15.5 Å². The molecule has 0 saturated carbocycles. The predicted octanol–water partition coefficient (Wildman–Crippen LogP) is 4.88. The Kier molecular flexibility index (Phi) is 8.15. The number of halogens is 3. The number of imidazole rings is 1. The Bertz CT molecular complexity index is 1610. The number of aromatic nitrogens is 5. The fraction of sp³-hybridized carbons (Fsp3) is 0.467. The van der Waals surface area contributed by atoms with Gasteiger partial charge < -0.3 is 14.8 Å². The minimum atomic E-state index is -0.633. The minimum Gasteiger partial charge on any atom is -0.314 e. The molecule has 6 rings (SSSR count). The van der Waals surface area contributed by atoms with Crippen LogP contribution in [0.1, 0.15) is 32.0 Å². The van der Waals surface area contributed by atoms with Crippen molar-refractivity contribution in [3.05, 3.63) is 57.2 Å². The van der Waals surface area contributed by atoms with E-state index in [0.717, 1.165) is 70.7 Å². The van der Waals surface area contributed by atoms with Crippen molar-refractivity contribution < 1.29 is 8.78 Å². The molecule has 222 valence electrons. The summed E-state index contributed by atoms with van der Waals surface area (Å²) in [5.41, 5.74) is 3.10. The van der Waals surface area contributed by atoms with Crippen molar-refractivity contribution in [1.82, 2.24) is 39.2 Å². The van der Waals surface area contributed by atoms with Crippen LogP contribution in [0.25, 0.3) is 22.3 Å². The number of anilines is 2. The second-order valence-corrected chi connectivity index (χ2v) is 13.2. The number of nitrogens with one attached hydrogen (secondary N) is 1. The molecule has 0 unspecified atom stereocenters. The van der Waals surface area contributed by atoms with Crippen LogP contribution in [0.5, 0.6) is 0 Å². The monoisotopic (exact) mass is 687 g/mol. The number of likely N-dealkylation sites (N-methyl/N-ethyl adjacent to an activating group) is 1. The first kappa shape index (κ1) is 29.3. The van der Waals surface area contributed by atoms with Gasteiger partial charge in [0, 0.05) is 75.6 Å². The molecule has 12 heteroatoms. The Labute approximate surface area is 258 Å². The lowest BCUT2D eigenvalue weighted by Gasteiger charge is -2.35. The Morgan fingerprint density at radius 2 is 1.69 bits per heavy atom. The number of hydrogen-bond acceptors (Lipinski definition) is 8. The third kappa shape index (κ3) is 6.12. The molecule has 5 heterocycles. The number of piperazine rings is 1. The molecule has 4 aromatic rings. The third-order valence-electron chi connectivity index (χ3n) is 8.06. The number of rotatable bonds is 6. The maximum absolute atomic E-state index is 15.2. The molecular weight excluding hydrogens is 651 g/mol. The van der Waals surface area contributed by atoms with E-state index >= 15 is 8.78 Å². The Morgan fingerprint density at radius 3 is 2.45 bits per heavy atom. The molecular formula is C30H36F2IN9. The van der Waals surface area contributed by atoms with Gasteiger partial charge in [0.05, 0.1) is 11.7 Å². The lowest BCUT2D eigenvalue weighted by Crippen LogP contribution is -2.47. The molecule has 0 bridgehead atoms. The van der Waals surface area contributed by atoms with Crippen molar-refractivity contribution in [3.8, 4) is 11.3 Å². The van der Waals surface area contributed by atoms with Crippen LogP contribution in [0.3, 0.4) is 0 Å². The highest BCUT2D eigenvalue weighted by atomic mass is 127. The maximum Gasteiger partial charge on any atom is 0.229 e. The van der Waals surface area contributed by atoms with Crippen molar-refractivity contribution in [3.63, 3.8) is 0 Å².